The fraction of sp³-hybridized carbons (Fsp3) is 0.588. The van der Waals surface area contributed by atoms with Crippen molar-refractivity contribution in [3.8, 4) is 5.75 Å². The highest BCUT2D eigenvalue weighted by atomic mass is 35.5. The number of amides is 1. The Morgan fingerprint density at radius 1 is 1.43 bits per heavy atom. The van der Waals surface area contributed by atoms with Crippen LogP contribution in [0.3, 0.4) is 0 Å². The van der Waals surface area contributed by atoms with Crippen LogP contribution in [0, 0.1) is 0 Å². The van der Waals surface area contributed by atoms with Crippen LogP contribution in [0.15, 0.2) is 24.3 Å². The van der Waals surface area contributed by atoms with Gasteiger partial charge in [-0.25, -0.2) is 0 Å². The molecule has 2 unspecified atom stereocenters. The first-order chi connectivity index (χ1) is 10.6. The number of ether oxygens (including phenoxy) is 1. The van der Waals surface area contributed by atoms with E-state index < -0.39 is 0 Å². The van der Waals surface area contributed by atoms with Crippen molar-refractivity contribution in [1.82, 2.24) is 4.90 Å². The molecule has 0 spiro atoms. The number of benzene rings is 1. The van der Waals surface area contributed by atoms with Gasteiger partial charge in [-0.05, 0) is 44.7 Å². The highest BCUT2D eigenvalue weighted by molar-refractivity contribution is 6.32. The maximum Gasteiger partial charge on any atom is 0.222 e. The summed E-state index contributed by atoms with van der Waals surface area (Å²) >= 11 is 6.03. The molecule has 1 saturated heterocycles. The van der Waals surface area contributed by atoms with Crippen LogP contribution in [0.25, 0.3) is 0 Å². The van der Waals surface area contributed by atoms with E-state index in [0.29, 0.717) is 30.2 Å². The molecule has 4 nitrogen and oxygen atoms in total. The van der Waals surface area contributed by atoms with Crippen LogP contribution in [0.4, 0.5) is 0 Å². The normalized spacial score (nSPS) is 18.9. The molecule has 1 amide bonds. The number of nitrogens with two attached hydrogens (primary N) is 1. The van der Waals surface area contributed by atoms with Gasteiger partial charge < -0.3 is 15.4 Å². The van der Waals surface area contributed by atoms with Crippen molar-refractivity contribution < 1.29 is 9.53 Å². The van der Waals surface area contributed by atoms with E-state index >= 15 is 0 Å². The highest BCUT2D eigenvalue weighted by Gasteiger charge is 2.28. The van der Waals surface area contributed by atoms with Gasteiger partial charge in [-0.1, -0.05) is 23.7 Å². The van der Waals surface area contributed by atoms with E-state index in [9.17, 15) is 4.79 Å². The number of para-hydroxylation sites is 1. The third kappa shape index (κ3) is 5.87. The number of hydrogen-bond acceptors (Lipinski definition) is 3. The lowest BCUT2D eigenvalue weighted by molar-refractivity contribution is -0.135. The van der Waals surface area contributed by atoms with Crippen LogP contribution < -0.4 is 10.5 Å². The number of hydrogen-bond donors (Lipinski definition) is 1. The van der Waals surface area contributed by atoms with Crippen LogP contribution in [0.1, 0.15) is 39.0 Å². The molecule has 6 heteroatoms. The van der Waals surface area contributed by atoms with Crippen molar-refractivity contribution in [2.75, 3.05) is 13.2 Å². The first-order valence-corrected chi connectivity index (χ1v) is 8.40. The Bertz CT molecular complexity index is 497. The number of piperidine rings is 1. The maximum absolute atomic E-state index is 12.4. The summed E-state index contributed by atoms with van der Waals surface area (Å²) in [4.78, 5) is 14.3. The average molecular weight is 361 g/mol. The maximum atomic E-state index is 12.4. The molecule has 1 aromatic rings. The Morgan fingerprint density at radius 2 is 2.17 bits per heavy atom. The van der Waals surface area contributed by atoms with Crippen LogP contribution in [-0.2, 0) is 4.79 Å². The number of likely N-dealkylation sites (tertiary alicyclic amines) is 1. The van der Waals surface area contributed by atoms with Gasteiger partial charge in [0.25, 0.3) is 0 Å². The second-order valence-corrected chi connectivity index (χ2v) is 6.30. The summed E-state index contributed by atoms with van der Waals surface area (Å²) in [7, 11) is 0. The van der Waals surface area contributed by atoms with Gasteiger partial charge in [0, 0.05) is 25.0 Å². The van der Waals surface area contributed by atoms with Crippen LogP contribution >= 0.6 is 24.0 Å². The fourth-order valence-corrected chi connectivity index (χ4v) is 3.11. The molecule has 0 aliphatic carbocycles. The monoisotopic (exact) mass is 360 g/mol. The number of carbonyl (C=O) groups is 1. The topological polar surface area (TPSA) is 55.6 Å². The van der Waals surface area contributed by atoms with Crippen molar-refractivity contribution in [1.29, 1.82) is 0 Å². The minimum Gasteiger partial charge on any atom is -0.492 e. The molecule has 1 aliphatic rings. The molecule has 1 heterocycles. The summed E-state index contributed by atoms with van der Waals surface area (Å²) in [5.74, 6) is 0.854. The second kappa shape index (κ2) is 10.0. The zero-order chi connectivity index (χ0) is 15.9. The summed E-state index contributed by atoms with van der Waals surface area (Å²) in [6.45, 7) is 3.30. The van der Waals surface area contributed by atoms with Crippen molar-refractivity contribution >= 4 is 29.9 Å². The van der Waals surface area contributed by atoms with E-state index in [4.69, 9.17) is 22.1 Å². The molecule has 0 bridgehead atoms. The lowest BCUT2D eigenvalue weighted by Gasteiger charge is -2.38. The second-order valence-electron chi connectivity index (χ2n) is 5.89. The van der Waals surface area contributed by atoms with Gasteiger partial charge in [-0.2, -0.15) is 0 Å². The molecule has 1 aliphatic heterocycles. The fourth-order valence-electron chi connectivity index (χ4n) is 2.92. The van der Waals surface area contributed by atoms with Gasteiger partial charge in [0.2, 0.25) is 5.91 Å². The quantitative estimate of drug-likeness (QED) is 0.787. The van der Waals surface area contributed by atoms with Crippen molar-refractivity contribution in [2.24, 2.45) is 5.73 Å². The Balaban J connectivity index is 0.00000264. The lowest BCUT2D eigenvalue weighted by Crippen LogP contribution is -2.51. The molecule has 0 aromatic heterocycles. The van der Waals surface area contributed by atoms with E-state index in [1.54, 1.807) is 6.07 Å². The van der Waals surface area contributed by atoms with E-state index in [1.165, 1.54) is 0 Å². The Kier molecular flexibility index (Phi) is 8.74. The Hall–Kier alpha value is -0.970. The van der Waals surface area contributed by atoms with E-state index in [2.05, 4.69) is 0 Å². The number of rotatable bonds is 6. The van der Waals surface area contributed by atoms with Crippen LogP contribution in [0.5, 0.6) is 5.75 Å². The molecule has 0 saturated carbocycles. The summed E-state index contributed by atoms with van der Waals surface area (Å²) in [5.41, 5.74) is 6.01. The van der Waals surface area contributed by atoms with Gasteiger partial charge in [-0.15, -0.1) is 12.4 Å². The third-order valence-corrected chi connectivity index (χ3v) is 4.42. The lowest BCUT2D eigenvalue weighted by atomic mass is 9.96. The van der Waals surface area contributed by atoms with Gasteiger partial charge in [0.1, 0.15) is 5.75 Å². The molecule has 1 fully saturated rings. The molecular formula is C17H26Cl2N2O2. The standard InChI is InChI=1S/C17H25ClN2O2.ClH/c1-13(19)15-8-4-5-11-20(15)17(21)10-6-12-22-16-9-3-2-7-14(16)18;/h2-3,7,9,13,15H,4-6,8,10-12,19H2,1H3;1H. The molecule has 2 atom stereocenters. The minimum atomic E-state index is 0. The largest absolute Gasteiger partial charge is 0.492 e. The zero-order valence-corrected chi connectivity index (χ0v) is 15.1. The third-order valence-electron chi connectivity index (χ3n) is 4.11. The van der Waals surface area contributed by atoms with Crippen molar-refractivity contribution in [3.63, 3.8) is 0 Å². The molecule has 130 valence electrons. The number of nitrogens with zero attached hydrogens (tertiary/aromatic N) is 1. The molecule has 1 aromatic carbocycles. The van der Waals surface area contributed by atoms with Gasteiger partial charge in [-0.3, -0.25) is 4.79 Å². The molecule has 0 radical (unpaired) electrons. The summed E-state index contributed by atoms with van der Waals surface area (Å²) in [5, 5.41) is 0.599. The first kappa shape index (κ1) is 20.1. The van der Waals surface area contributed by atoms with Gasteiger partial charge in [0.05, 0.1) is 11.6 Å². The van der Waals surface area contributed by atoms with E-state index in [1.807, 2.05) is 30.0 Å². The van der Waals surface area contributed by atoms with Crippen molar-refractivity contribution in [3.05, 3.63) is 29.3 Å². The molecule has 23 heavy (non-hydrogen) atoms. The van der Waals surface area contributed by atoms with Gasteiger partial charge in [0.15, 0.2) is 0 Å². The van der Waals surface area contributed by atoms with Crippen LogP contribution in [0.2, 0.25) is 5.02 Å². The van der Waals surface area contributed by atoms with Crippen molar-refractivity contribution in [2.45, 2.75) is 51.1 Å². The summed E-state index contributed by atoms with van der Waals surface area (Å²) in [6.07, 6.45) is 4.43. The van der Waals surface area contributed by atoms with Crippen LogP contribution in [-0.4, -0.2) is 36.0 Å². The smallest absolute Gasteiger partial charge is 0.222 e. The van der Waals surface area contributed by atoms with E-state index in [0.717, 1.165) is 25.8 Å². The van der Waals surface area contributed by atoms with Gasteiger partial charge >= 0.3 is 0 Å². The number of halogens is 2. The predicted molar refractivity (Wildman–Crippen MR) is 96.4 cm³/mol. The molecular weight excluding hydrogens is 335 g/mol. The minimum absolute atomic E-state index is 0. The SMILES string of the molecule is CC(N)C1CCCCN1C(=O)CCCOc1ccccc1Cl.Cl. The summed E-state index contributed by atoms with van der Waals surface area (Å²) in [6, 6.07) is 7.59. The molecule has 2 rings (SSSR count). The Morgan fingerprint density at radius 3 is 2.87 bits per heavy atom. The summed E-state index contributed by atoms with van der Waals surface area (Å²) < 4.78 is 5.62. The average Bonchev–Trinajstić information content (AvgIpc) is 2.52. The molecule has 2 N–H and O–H groups in total. The highest BCUT2D eigenvalue weighted by Crippen LogP contribution is 2.24. The first-order valence-electron chi connectivity index (χ1n) is 8.02. The number of carbonyl (C=O) groups excluding carboxylic acids is 1. The zero-order valence-electron chi connectivity index (χ0n) is 13.5. The predicted octanol–water partition coefficient (Wildman–Crippen LogP) is 3.65. The van der Waals surface area contributed by atoms with E-state index in [-0.39, 0.29) is 30.4 Å². The Labute approximate surface area is 149 Å².